The van der Waals surface area contributed by atoms with Crippen LogP contribution in [0.1, 0.15) is 0 Å². The minimum atomic E-state index is 1.09. The summed E-state index contributed by atoms with van der Waals surface area (Å²) < 4.78 is 4.94. The van der Waals surface area contributed by atoms with Gasteiger partial charge in [0.15, 0.2) is 0 Å². The number of hydrogen-bond acceptors (Lipinski definition) is 3. The maximum atomic E-state index is 2.52. The number of thiophene rings is 1. The highest BCUT2D eigenvalue weighted by molar-refractivity contribution is 7.27. The first-order valence-corrected chi connectivity index (χ1v) is 20.6. The van der Waals surface area contributed by atoms with E-state index in [0.717, 1.165) is 45.3 Å². The Labute approximate surface area is 340 Å². The van der Waals surface area contributed by atoms with Crippen molar-refractivity contribution < 1.29 is 0 Å². The van der Waals surface area contributed by atoms with Crippen molar-refractivity contribution in [3.8, 4) is 27.9 Å². The van der Waals surface area contributed by atoms with Crippen molar-refractivity contribution in [2.24, 2.45) is 0 Å². The van der Waals surface area contributed by atoms with Crippen LogP contribution in [-0.2, 0) is 0 Å². The number of nitrogens with zero attached hydrogens (tertiary/aromatic N) is 3. The van der Waals surface area contributed by atoms with Gasteiger partial charge in [0, 0.05) is 49.7 Å². The predicted molar refractivity (Wildman–Crippen MR) is 247 cm³/mol. The van der Waals surface area contributed by atoms with E-state index >= 15 is 0 Å². The Morgan fingerprint density at radius 3 is 1.29 bits per heavy atom. The quantitative estimate of drug-likeness (QED) is 0.173. The second kappa shape index (κ2) is 13.1. The van der Waals surface area contributed by atoms with Gasteiger partial charge in [0.25, 0.3) is 0 Å². The summed E-state index contributed by atoms with van der Waals surface area (Å²) in [5, 5.41) is 5.03. The van der Waals surface area contributed by atoms with Gasteiger partial charge < -0.3 is 14.4 Å². The lowest BCUT2D eigenvalue weighted by Gasteiger charge is -2.34. The van der Waals surface area contributed by atoms with Crippen LogP contribution in [0, 0.1) is 0 Å². The van der Waals surface area contributed by atoms with Gasteiger partial charge in [0.1, 0.15) is 0 Å². The van der Waals surface area contributed by atoms with Gasteiger partial charge in [-0.2, -0.15) is 0 Å². The maximum Gasteiger partial charge on any atom is 0.0640 e. The normalized spacial score (nSPS) is 12.4. The zero-order valence-corrected chi connectivity index (χ0v) is 32.3. The first-order chi connectivity index (χ1) is 28.8. The van der Waals surface area contributed by atoms with Gasteiger partial charge in [-0.25, -0.2) is 0 Å². The van der Waals surface area contributed by atoms with Crippen molar-refractivity contribution in [2.75, 3.05) is 9.80 Å². The molecule has 2 aromatic heterocycles. The lowest BCUT2D eigenvalue weighted by atomic mass is 9.93. The molecule has 0 amide bonds. The topological polar surface area (TPSA) is 11.4 Å². The highest BCUT2D eigenvalue weighted by atomic mass is 32.1. The molecule has 0 unspecified atom stereocenters. The van der Waals surface area contributed by atoms with E-state index in [-0.39, 0.29) is 0 Å². The van der Waals surface area contributed by atoms with E-state index in [2.05, 4.69) is 227 Å². The summed E-state index contributed by atoms with van der Waals surface area (Å²) in [5.41, 5.74) is 14.9. The molecular weight excluding hydrogens is 723 g/mol. The fourth-order valence-electron chi connectivity index (χ4n) is 9.15. The summed E-state index contributed by atoms with van der Waals surface area (Å²) in [4.78, 5) is 5.00. The number of benzene rings is 9. The van der Waals surface area contributed by atoms with Crippen molar-refractivity contribution in [1.82, 2.24) is 4.57 Å². The third-order valence-corrected chi connectivity index (χ3v) is 12.9. The molecule has 0 atom stereocenters. The van der Waals surface area contributed by atoms with Gasteiger partial charge >= 0.3 is 0 Å². The van der Waals surface area contributed by atoms with Crippen LogP contribution < -0.4 is 9.80 Å². The largest absolute Gasteiger partial charge is 0.309 e. The predicted octanol–water partition coefficient (Wildman–Crippen LogP) is 15.7. The highest BCUT2D eigenvalue weighted by Crippen LogP contribution is 2.55. The fraction of sp³-hybridized carbons (Fsp3) is 0. The molecule has 0 fully saturated rings. The second-order valence-corrected chi connectivity index (χ2v) is 15.9. The Bertz CT molecular complexity index is 3290. The first kappa shape index (κ1) is 32.8. The monoisotopic (exact) mass is 757 g/mol. The summed E-state index contributed by atoms with van der Waals surface area (Å²) in [7, 11) is 0. The maximum absolute atomic E-state index is 2.52. The van der Waals surface area contributed by atoms with Crippen molar-refractivity contribution >= 4 is 87.4 Å². The van der Waals surface area contributed by atoms with Crippen molar-refractivity contribution in [2.45, 2.75) is 0 Å². The molecule has 0 aliphatic carbocycles. The van der Waals surface area contributed by atoms with E-state index in [1.807, 2.05) is 11.3 Å². The van der Waals surface area contributed by atoms with Gasteiger partial charge in [-0.3, -0.25) is 0 Å². The molecule has 0 saturated carbocycles. The van der Waals surface area contributed by atoms with Gasteiger partial charge in [-0.15, -0.1) is 11.3 Å². The van der Waals surface area contributed by atoms with Crippen LogP contribution in [0.5, 0.6) is 0 Å². The van der Waals surface area contributed by atoms with E-state index < -0.39 is 0 Å². The molecule has 12 rings (SSSR count). The summed E-state index contributed by atoms with van der Waals surface area (Å²) in [5.74, 6) is 0. The lowest BCUT2D eigenvalue weighted by Crippen LogP contribution is -2.16. The molecule has 0 spiro atoms. The summed E-state index contributed by atoms with van der Waals surface area (Å²) in [6.45, 7) is 0. The minimum Gasteiger partial charge on any atom is -0.309 e. The third-order valence-electron chi connectivity index (χ3n) is 11.7. The van der Waals surface area contributed by atoms with Crippen LogP contribution in [0.3, 0.4) is 0 Å². The highest BCUT2D eigenvalue weighted by Gasteiger charge is 2.29. The van der Waals surface area contributed by atoms with Crippen LogP contribution in [0.4, 0.5) is 34.1 Å². The molecule has 4 bridgehead atoms. The van der Waals surface area contributed by atoms with Gasteiger partial charge in [0.05, 0.1) is 43.2 Å². The van der Waals surface area contributed by atoms with E-state index in [9.17, 15) is 0 Å². The average molecular weight is 758 g/mol. The van der Waals surface area contributed by atoms with Gasteiger partial charge in [-0.1, -0.05) is 146 Å². The molecule has 0 N–H and O–H groups in total. The summed E-state index contributed by atoms with van der Waals surface area (Å²) in [6, 6.07) is 77.7. The number of hydrogen-bond donors (Lipinski definition) is 0. The Hall–Kier alpha value is -7.40. The fourth-order valence-corrected chi connectivity index (χ4v) is 10.5. The molecular formula is C54H35N3S. The molecule has 11 aromatic rings. The third kappa shape index (κ3) is 4.99. The molecule has 1 aliphatic rings. The minimum absolute atomic E-state index is 1.09. The van der Waals surface area contributed by atoms with E-state index in [0.29, 0.717) is 0 Å². The van der Waals surface area contributed by atoms with E-state index in [1.165, 1.54) is 58.8 Å². The molecule has 3 nitrogen and oxygen atoms in total. The molecule has 58 heavy (non-hydrogen) atoms. The zero-order valence-electron chi connectivity index (χ0n) is 31.5. The number of rotatable bonds is 5. The van der Waals surface area contributed by atoms with E-state index in [4.69, 9.17) is 0 Å². The molecule has 3 heterocycles. The van der Waals surface area contributed by atoms with Gasteiger partial charge in [0.2, 0.25) is 0 Å². The Morgan fingerprint density at radius 1 is 0.293 bits per heavy atom. The molecule has 272 valence electrons. The Balaban J connectivity index is 1.23. The second-order valence-electron chi connectivity index (χ2n) is 14.9. The first-order valence-electron chi connectivity index (χ1n) is 19.8. The Kier molecular flexibility index (Phi) is 7.40. The Morgan fingerprint density at radius 2 is 0.724 bits per heavy atom. The number of fused-ring (bicyclic) bond motifs is 6. The van der Waals surface area contributed by atoms with Crippen molar-refractivity contribution in [3.63, 3.8) is 0 Å². The molecule has 0 radical (unpaired) electrons. The number of anilines is 6. The van der Waals surface area contributed by atoms with Crippen LogP contribution in [0.25, 0.3) is 69.9 Å². The van der Waals surface area contributed by atoms with Crippen LogP contribution in [-0.4, -0.2) is 4.57 Å². The van der Waals surface area contributed by atoms with Gasteiger partial charge in [-0.05, 0) is 77.9 Å². The summed E-state index contributed by atoms with van der Waals surface area (Å²) in [6.07, 6.45) is 0. The SMILES string of the molecule is c1ccc(-c2cc(-c3ccccc3)c3cc2N(c2ccccc2)c2cccc4c2sc2c(cccc24)N3c2cccc(-n3c4ccccc4c4ccccc43)c2)cc1. The number of para-hydroxylation sites is 3. The standard InChI is InChI=1S/C54H35N3S/c1-4-17-36(18-5-1)45-34-46(37-19-6-2-7-20-37)52-35-51(45)55(38-21-8-3-9-22-38)49-31-15-27-43-44-28-16-32-50(54(44)58-53(43)49)57(52)40-24-14-23-39(33-40)56-47-29-12-10-25-41(47)42-26-11-13-30-48(42)56/h1-35H. The van der Waals surface area contributed by atoms with Crippen LogP contribution >= 0.6 is 11.3 Å². The van der Waals surface area contributed by atoms with E-state index in [1.54, 1.807) is 0 Å². The molecule has 9 aromatic carbocycles. The zero-order chi connectivity index (χ0) is 38.2. The van der Waals surface area contributed by atoms with Crippen molar-refractivity contribution in [3.05, 3.63) is 212 Å². The van der Waals surface area contributed by atoms with Crippen LogP contribution in [0.2, 0.25) is 0 Å². The smallest absolute Gasteiger partial charge is 0.0640 e. The number of aromatic nitrogens is 1. The summed E-state index contributed by atoms with van der Waals surface area (Å²) >= 11 is 1.89. The molecule has 0 saturated heterocycles. The lowest BCUT2D eigenvalue weighted by molar-refractivity contribution is 1.17. The average Bonchev–Trinajstić information content (AvgIpc) is 3.85. The molecule has 1 aliphatic heterocycles. The van der Waals surface area contributed by atoms with Crippen LogP contribution in [0.15, 0.2) is 212 Å². The molecule has 4 heteroatoms. The van der Waals surface area contributed by atoms with Crippen molar-refractivity contribution in [1.29, 1.82) is 0 Å².